The number of aromatic nitrogens is 1. The molecule has 5 nitrogen and oxygen atoms in total. The lowest BCUT2D eigenvalue weighted by Gasteiger charge is -2.10. The van der Waals surface area contributed by atoms with Crippen LogP contribution in [-0.2, 0) is 11.2 Å². The fraction of sp³-hybridized carbons (Fsp3) is 0.412. The van der Waals surface area contributed by atoms with E-state index in [2.05, 4.69) is 10.3 Å². The SMILES string of the molecule is CCc1ncsc1NC(=O)[C@H]1C[C@@H]1c1cc(OC)ccc1OC. The highest BCUT2D eigenvalue weighted by Crippen LogP contribution is 2.51. The van der Waals surface area contributed by atoms with E-state index in [-0.39, 0.29) is 17.7 Å². The maximum absolute atomic E-state index is 12.5. The predicted molar refractivity (Wildman–Crippen MR) is 90.5 cm³/mol. The van der Waals surface area contributed by atoms with Crippen molar-refractivity contribution in [3.63, 3.8) is 0 Å². The third-order valence-corrected chi connectivity index (χ3v) is 4.96. The number of carbonyl (C=O) groups is 1. The minimum atomic E-state index is -0.0252. The van der Waals surface area contributed by atoms with Crippen LogP contribution in [0, 0.1) is 5.92 Å². The van der Waals surface area contributed by atoms with Gasteiger partial charge in [-0.15, -0.1) is 11.3 Å². The Morgan fingerprint density at radius 3 is 2.91 bits per heavy atom. The molecule has 122 valence electrons. The maximum Gasteiger partial charge on any atom is 0.228 e. The normalized spacial score (nSPS) is 19.3. The topological polar surface area (TPSA) is 60.5 Å². The fourth-order valence-corrected chi connectivity index (χ4v) is 3.56. The summed E-state index contributed by atoms with van der Waals surface area (Å²) < 4.78 is 10.7. The molecular formula is C17H20N2O3S. The zero-order valence-electron chi connectivity index (χ0n) is 13.5. The second-order valence-corrected chi connectivity index (χ2v) is 6.38. The van der Waals surface area contributed by atoms with E-state index in [1.165, 1.54) is 11.3 Å². The second kappa shape index (κ2) is 6.58. The van der Waals surface area contributed by atoms with Gasteiger partial charge in [0.1, 0.15) is 16.5 Å². The van der Waals surface area contributed by atoms with E-state index in [0.29, 0.717) is 0 Å². The predicted octanol–water partition coefficient (Wildman–Crippen LogP) is 3.46. The number of ether oxygens (including phenoxy) is 2. The highest BCUT2D eigenvalue weighted by Gasteiger charge is 2.45. The number of thiazole rings is 1. The summed E-state index contributed by atoms with van der Waals surface area (Å²) in [6.45, 7) is 2.03. The zero-order valence-corrected chi connectivity index (χ0v) is 14.3. The van der Waals surface area contributed by atoms with Gasteiger partial charge in [-0.3, -0.25) is 4.79 Å². The monoisotopic (exact) mass is 332 g/mol. The lowest BCUT2D eigenvalue weighted by Crippen LogP contribution is -2.14. The summed E-state index contributed by atoms with van der Waals surface area (Å²) in [5.74, 6) is 1.79. The van der Waals surface area contributed by atoms with Crippen LogP contribution in [0.5, 0.6) is 11.5 Å². The van der Waals surface area contributed by atoms with Gasteiger partial charge in [-0.1, -0.05) is 6.92 Å². The Morgan fingerprint density at radius 2 is 2.22 bits per heavy atom. The van der Waals surface area contributed by atoms with E-state index in [1.54, 1.807) is 19.7 Å². The number of rotatable bonds is 6. The molecule has 0 aliphatic heterocycles. The molecule has 0 radical (unpaired) electrons. The molecule has 1 N–H and O–H groups in total. The fourth-order valence-electron chi connectivity index (χ4n) is 2.79. The van der Waals surface area contributed by atoms with Gasteiger partial charge in [0, 0.05) is 17.4 Å². The van der Waals surface area contributed by atoms with Gasteiger partial charge in [0.25, 0.3) is 0 Å². The van der Waals surface area contributed by atoms with Gasteiger partial charge in [0.2, 0.25) is 5.91 Å². The Morgan fingerprint density at radius 1 is 1.39 bits per heavy atom. The Balaban J connectivity index is 1.73. The van der Waals surface area contributed by atoms with E-state index in [9.17, 15) is 4.79 Å². The van der Waals surface area contributed by atoms with Crippen LogP contribution in [0.15, 0.2) is 23.7 Å². The molecule has 1 amide bonds. The quantitative estimate of drug-likeness (QED) is 0.880. The van der Waals surface area contributed by atoms with Crippen LogP contribution in [0.4, 0.5) is 5.00 Å². The summed E-state index contributed by atoms with van der Waals surface area (Å²) in [6.07, 6.45) is 1.65. The third-order valence-electron chi connectivity index (χ3n) is 4.18. The third kappa shape index (κ3) is 3.17. The molecule has 1 aliphatic carbocycles. The highest BCUT2D eigenvalue weighted by atomic mass is 32.1. The molecular weight excluding hydrogens is 312 g/mol. The maximum atomic E-state index is 12.5. The van der Waals surface area contributed by atoms with E-state index < -0.39 is 0 Å². The summed E-state index contributed by atoms with van der Waals surface area (Å²) in [6, 6.07) is 5.71. The van der Waals surface area contributed by atoms with Crippen LogP contribution >= 0.6 is 11.3 Å². The van der Waals surface area contributed by atoms with Crippen molar-refractivity contribution in [2.75, 3.05) is 19.5 Å². The average Bonchev–Trinajstić information content (AvgIpc) is 3.27. The number of benzene rings is 1. The van der Waals surface area contributed by atoms with Gasteiger partial charge >= 0.3 is 0 Å². The van der Waals surface area contributed by atoms with Gasteiger partial charge in [0.15, 0.2) is 0 Å². The summed E-state index contributed by atoms with van der Waals surface area (Å²) in [7, 11) is 3.28. The lowest BCUT2D eigenvalue weighted by molar-refractivity contribution is -0.117. The number of hydrogen-bond donors (Lipinski definition) is 1. The number of carbonyl (C=O) groups excluding carboxylic acids is 1. The number of nitrogens with zero attached hydrogens (tertiary/aromatic N) is 1. The smallest absolute Gasteiger partial charge is 0.228 e. The molecule has 23 heavy (non-hydrogen) atoms. The Bertz CT molecular complexity index is 714. The number of amides is 1. The molecule has 1 fully saturated rings. The van der Waals surface area contributed by atoms with Gasteiger partial charge in [-0.05, 0) is 31.0 Å². The molecule has 0 spiro atoms. The van der Waals surface area contributed by atoms with Crippen molar-refractivity contribution in [2.45, 2.75) is 25.7 Å². The molecule has 2 aromatic rings. The second-order valence-electron chi connectivity index (χ2n) is 5.53. The first-order valence-corrected chi connectivity index (χ1v) is 8.51. The number of methoxy groups -OCH3 is 2. The van der Waals surface area contributed by atoms with Gasteiger partial charge in [-0.2, -0.15) is 0 Å². The van der Waals surface area contributed by atoms with Crippen LogP contribution in [0.1, 0.15) is 30.5 Å². The first kappa shape index (κ1) is 15.8. The highest BCUT2D eigenvalue weighted by molar-refractivity contribution is 7.14. The molecule has 3 rings (SSSR count). The molecule has 1 aromatic heterocycles. The van der Waals surface area contributed by atoms with E-state index in [0.717, 1.165) is 40.6 Å². The van der Waals surface area contributed by atoms with E-state index >= 15 is 0 Å². The largest absolute Gasteiger partial charge is 0.497 e. The molecule has 1 aliphatic rings. The molecule has 1 saturated carbocycles. The molecule has 0 bridgehead atoms. The number of aryl methyl sites for hydroxylation is 1. The minimum Gasteiger partial charge on any atom is -0.497 e. The van der Waals surface area contributed by atoms with Gasteiger partial charge < -0.3 is 14.8 Å². The number of hydrogen-bond acceptors (Lipinski definition) is 5. The van der Waals surface area contributed by atoms with Crippen LogP contribution < -0.4 is 14.8 Å². The van der Waals surface area contributed by atoms with Crippen LogP contribution in [0.2, 0.25) is 0 Å². The minimum absolute atomic E-state index is 0.0252. The van der Waals surface area contributed by atoms with E-state index in [1.807, 2.05) is 25.1 Å². The zero-order chi connectivity index (χ0) is 16.4. The van der Waals surface area contributed by atoms with Crippen molar-refractivity contribution in [3.05, 3.63) is 35.0 Å². The average molecular weight is 332 g/mol. The first-order chi connectivity index (χ1) is 11.2. The molecule has 0 unspecified atom stereocenters. The Labute approximate surface area is 139 Å². The summed E-state index contributed by atoms with van der Waals surface area (Å²) in [5, 5.41) is 3.88. The molecule has 1 aromatic carbocycles. The Kier molecular flexibility index (Phi) is 4.52. The van der Waals surface area contributed by atoms with Crippen molar-refractivity contribution < 1.29 is 14.3 Å². The molecule has 0 saturated heterocycles. The van der Waals surface area contributed by atoms with Gasteiger partial charge in [-0.25, -0.2) is 4.98 Å². The van der Waals surface area contributed by atoms with Crippen LogP contribution in [0.25, 0.3) is 0 Å². The summed E-state index contributed by atoms with van der Waals surface area (Å²) >= 11 is 1.47. The van der Waals surface area contributed by atoms with Crippen LogP contribution in [0.3, 0.4) is 0 Å². The van der Waals surface area contributed by atoms with Crippen LogP contribution in [-0.4, -0.2) is 25.1 Å². The lowest BCUT2D eigenvalue weighted by atomic mass is 10.1. The van der Waals surface area contributed by atoms with E-state index in [4.69, 9.17) is 9.47 Å². The van der Waals surface area contributed by atoms with Crippen molar-refractivity contribution in [1.82, 2.24) is 4.98 Å². The van der Waals surface area contributed by atoms with Gasteiger partial charge in [0.05, 0.1) is 25.4 Å². The van der Waals surface area contributed by atoms with Crippen molar-refractivity contribution in [3.8, 4) is 11.5 Å². The molecule has 1 heterocycles. The number of nitrogens with one attached hydrogen (secondary N) is 1. The van der Waals surface area contributed by atoms with Crippen molar-refractivity contribution >= 4 is 22.2 Å². The first-order valence-electron chi connectivity index (χ1n) is 7.63. The number of anilines is 1. The molecule has 2 atom stereocenters. The van der Waals surface area contributed by atoms with Crippen molar-refractivity contribution in [1.29, 1.82) is 0 Å². The summed E-state index contributed by atoms with van der Waals surface area (Å²) in [4.78, 5) is 16.7. The standard InChI is InChI=1S/C17H20N2O3S/c1-4-14-17(23-9-18-14)19-16(20)13-8-11(13)12-7-10(21-2)5-6-15(12)22-3/h5-7,9,11,13H,4,8H2,1-3H3,(H,19,20)/t11-,13+/m1/s1. The Hall–Kier alpha value is -2.08. The summed E-state index contributed by atoms with van der Waals surface area (Å²) in [5.41, 5.74) is 3.75. The van der Waals surface area contributed by atoms with Crippen molar-refractivity contribution in [2.24, 2.45) is 5.92 Å². The molecule has 6 heteroatoms.